The maximum atomic E-state index is 10.1. The SMILES string of the molecule is O=P(O)(O)OCCCC(O)CO. The first kappa shape index (κ1) is 12.0. The summed E-state index contributed by atoms with van der Waals surface area (Å²) < 4.78 is 14.2. The summed E-state index contributed by atoms with van der Waals surface area (Å²) in [6.07, 6.45) is -0.283. The van der Waals surface area contributed by atoms with Crippen LogP contribution in [0.25, 0.3) is 0 Å². The molecule has 0 amide bonds. The molecule has 0 fully saturated rings. The minimum atomic E-state index is -4.38. The van der Waals surface area contributed by atoms with Gasteiger partial charge in [-0.05, 0) is 12.8 Å². The van der Waals surface area contributed by atoms with Crippen molar-refractivity contribution in [2.45, 2.75) is 18.9 Å². The van der Waals surface area contributed by atoms with Gasteiger partial charge < -0.3 is 20.0 Å². The molecule has 0 radical (unpaired) electrons. The van der Waals surface area contributed by atoms with E-state index in [1.807, 2.05) is 0 Å². The van der Waals surface area contributed by atoms with Crippen molar-refractivity contribution in [2.75, 3.05) is 13.2 Å². The summed E-state index contributed by atoms with van der Waals surface area (Å²) in [5, 5.41) is 17.1. The number of aliphatic hydroxyl groups excluding tert-OH is 2. The summed E-state index contributed by atoms with van der Waals surface area (Å²) in [6.45, 7) is -0.475. The van der Waals surface area contributed by atoms with Crippen molar-refractivity contribution in [3.05, 3.63) is 0 Å². The zero-order valence-electron chi connectivity index (χ0n) is 6.46. The van der Waals surface area contributed by atoms with E-state index in [9.17, 15) is 4.57 Å². The zero-order chi connectivity index (χ0) is 9.61. The first-order chi connectivity index (χ1) is 5.45. The first-order valence-electron chi connectivity index (χ1n) is 3.44. The number of aliphatic hydroxyl groups is 2. The van der Waals surface area contributed by atoms with Crippen LogP contribution in [0.1, 0.15) is 12.8 Å². The summed E-state index contributed by atoms with van der Waals surface area (Å²) in [5.41, 5.74) is 0. The van der Waals surface area contributed by atoms with Gasteiger partial charge in [0.05, 0.1) is 19.3 Å². The molecule has 74 valence electrons. The van der Waals surface area contributed by atoms with E-state index in [4.69, 9.17) is 20.0 Å². The van der Waals surface area contributed by atoms with Crippen molar-refractivity contribution >= 4 is 7.82 Å². The lowest BCUT2D eigenvalue weighted by atomic mass is 10.2. The second-order valence-corrected chi connectivity index (χ2v) is 3.54. The summed E-state index contributed by atoms with van der Waals surface area (Å²) in [5.74, 6) is 0. The number of hydrogen-bond donors (Lipinski definition) is 4. The fourth-order valence-electron chi connectivity index (χ4n) is 0.594. The highest BCUT2D eigenvalue weighted by Crippen LogP contribution is 2.35. The largest absolute Gasteiger partial charge is 0.469 e. The standard InChI is InChI=1S/C5H13O6P/c6-4-5(7)2-1-3-11-12(8,9)10/h5-7H,1-4H2,(H2,8,9,10). The van der Waals surface area contributed by atoms with Gasteiger partial charge in [-0.3, -0.25) is 4.52 Å². The number of rotatable bonds is 6. The van der Waals surface area contributed by atoms with Crippen LogP contribution in [0.4, 0.5) is 0 Å². The molecule has 0 aromatic heterocycles. The molecule has 6 nitrogen and oxygen atoms in total. The van der Waals surface area contributed by atoms with E-state index in [0.717, 1.165) is 0 Å². The fraction of sp³-hybridized carbons (Fsp3) is 1.00. The highest BCUT2D eigenvalue weighted by Gasteiger charge is 2.13. The van der Waals surface area contributed by atoms with Gasteiger partial charge >= 0.3 is 7.82 Å². The molecule has 0 saturated carbocycles. The van der Waals surface area contributed by atoms with Gasteiger partial charge in [-0.15, -0.1) is 0 Å². The Balaban J connectivity index is 3.28. The predicted molar refractivity (Wildman–Crippen MR) is 40.3 cm³/mol. The van der Waals surface area contributed by atoms with Gasteiger partial charge in [-0.2, -0.15) is 0 Å². The van der Waals surface area contributed by atoms with E-state index in [1.165, 1.54) is 0 Å². The van der Waals surface area contributed by atoms with Crippen molar-refractivity contribution < 1.29 is 29.1 Å². The molecule has 0 spiro atoms. The average molecular weight is 200 g/mol. The molecule has 0 aromatic rings. The van der Waals surface area contributed by atoms with Crippen molar-refractivity contribution in [1.82, 2.24) is 0 Å². The van der Waals surface area contributed by atoms with Crippen molar-refractivity contribution in [2.24, 2.45) is 0 Å². The molecule has 7 heteroatoms. The van der Waals surface area contributed by atoms with Crippen LogP contribution in [0.5, 0.6) is 0 Å². The van der Waals surface area contributed by atoms with Crippen LogP contribution in [-0.2, 0) is 9.09 Å². The molecule has 0 heterocycles. The van der Waals surface area contributed by atoms with Gasteiger partial charge in [0.1, 0.15) is 0 Å². The molecule has 1 unspecified atom stereocenters. The third-order valence-electron chi connectivity index (χ3n) is 1.15. The van der Waals surface area contributed by atoms with Crippen molar-refractivity contribution in [1.29, 1.82) is 0 Å². The Morgan fingerprint density at radius 1 is 1.42 bits per heavy atom. The van der Waals surface area contributed by atoms with Gasteiger partial charge in [0.15, 0.2) is 0 Å². The second-order valence-electron chi connectivity index (χ2n) is 2.30. The zero-order valence-corrected chi connectivity index (χ0v) is 7.35. The van der Waals surface area contributed by atoms with E-state index < -0.39 is 13.9 Å². The molecule has 0 bridgehead atoms. The Morgan fingerprint density at radius 2 is 2.00 bits per heavy atom. The lowest BCUT2D eigenvalue weighted by molar-refractivity contribution is 0.0807. The Labute approximate surface area is 70.0 Å². The molecule has 0 aliphatic rings. The summed E-state index contributed by atoms with van der Waals surface area (Å²) in [4.78, 5) is 16.4. The number of phosphoric ester groups is 1. The highest BCUT2D eigenvalue weighted by molar-refractivity contribution is 7.46. The van der Waals surface area contributed by atoms with Crippen LogP contribution in [0.2, 0.25) is 0 Å². The van der Waals surface area contributed by atoms with Crippen molar-refractivity contribution in [3.8, 4) is 0 Å². The third-order valence-corrected chi connectivity index (χ3v) is 1.67. The number of phosphoric acid groups is 1. The van der Waals surface area contributed by atoms with E-state index in [1.54, 1.807) is 0 Å². The van der Waals surface area contributed by atoms with Gasteiger partial charge in [-0.1, -0.05) is 0 Å². The van der Waals surface area contributed by atoms with Gasteiger partial charge in [0.25, 0.3) is 0 Å². The second kappa shape index (κ2) is 5.64. The lowest BCUT2D eigenvalue weighted by Gasteiger charge is -2.07. The Kier molecular flexibility index (Phi) is 5.65. The van der Waals surface area contributed by atoms with Crippen LogP contribution < -0.4 is 0 Å². The van der Waals surface area contributed by atoms with E-state index in [0.29, 0.717) is 6.42 Å². The molecule has 4 N–H and O–H groups in total. The molecule has 0 rings (SSSR count). The Hall–Kier alpha value is 0.0300. The molecule has 0 saturated heterocycles. The lowest BCUT2D eigenvalue weighted by Crippen LogP contribution is -2.12. The average Bonchev–Trinajstić information content (AvgIpc) is 1.96. The van der Waals surface area contributed by atoms with Crippen molar-refractivity contribution in [3.63, 3.8) is 0 Å². The molecule has 12 heavy (non-hydrogen) atoms. The smallest absolute Gasteiger partial charge is 0.394 e. The van der Waals surface area contributed by atoms with Gasteiger partial charge in [0, 0.05) is 0 Å². The normalized spacial score (nSPS) is 14.7. The van der Waals surface area contributed by atoms with Crippen LogP contribution in [0, 0.1) is 0 Å². The quantitative estimate of drug-likeness (QED) is 0.331. The van der Waals surface area contributed by atoms with E-state index in [2.05, 4.69) is 4.52 Å². The minimum Gasteiger partial charge on any atom is -0.394 e. The van der Waals surface area contributed by atoms with E-state index in [-0.39, 0.29) is 19.6 Å². The maximum absolute atomic E-state index is 10.1. The van der Waals surface area contributed by atoms with Gasteiger partial charge in [0.2, 0.25) is 0 Å². The predicted octanol–water partition coefficient (Wildman–Crippen LogP) is -0.771. The Morgan fingerprint density at radius 3 is 2.42 bits per heavy atom. The first-order valence-corrected chi connectivity index (χ1v) is 4.98. The maximum Gasteiger partial charge on any atom is 0.469 e. The summed E-state index contributed by atoms with van der Waals surface area (Å²) in [7, 11) is -4.38. The van der Waals surface area contributed by atoms with E-state index >= 15 is 0 Å². The highest BCUT2D eigenvalue weighted by atomic mass is 31.2. The van der Waals surface area contributed by atoms with Gasteiger partial charge in [-0.25, -0.2) is 4.57 Å². The molecule has 0 aliphatic heterocycles. The van der Waals surface area contributed by atoms with Crippen LogP contribution in [-0.4, -0.2) is 39.3 Å². The molecular weight excluding hydrogens is 187 g/mol. The molecule has 0 aliphatic carbocycles. The monoisotopic (exact) mass is 200 g/mol. The summed E-state index contributed by atoms with van der Waals surface area (Å²) >= 11 is 0. The minimum absolute atomic E-state index is 0.124. The number of hydrogen-bond acceptors (Lipinski definition) is 4. The molecular formula is C5H13O6P. The topological polar surface area (TPSA) is 107 Å². The van der Waals surface area contributed by atoms with Crippen LogP contribution in [0.15, 0.2) is 0 Å². The molecule has 0 aromatic carbocycles. The van der Waals surface area contributed by atoms with Crippen LogP contribution >= 0.6 is 7.82 Å². The van der Waals surface area contributed by atoms with Crippen LogP contribution in [0.3, 0.4) is 0 Å². The fourth-order valence-corrected chi connectivity index (χ4v) is 0.961. The Bertz CT molecular complexity index is 154. The molecule has 1 atom stereocenters. The third kappa shape index (κ3) is 8.13. The summed E-state index contributed by atoms with van der Waals surface area (Å²) in [6, 6.07) is 0.